The first-order valence-electron chi connectivity index (χ1n) is 8.19. The Balaban J connectivity index is 1.54. The van der Waals surface area contributed by atoms with E-state index in [9.17, 15) is 4.79 Å². The van der Waals surface area contributed by atoms with Gasteiger partial charge >= 0.3 is 0 Å². The van der Waals surface area contributed by atoms with Crippen LogP contribution in [-0.2, 0) is 17.7 Å². The lowest BCUT2D eigenvalue weighted by molar-refractivity contribution is 0.0725. The van der Waals surface area contributed by atoms with E-state index < -0.39 is 0 Å². The van der Waals surface area contributed by atoms with Crippen LogP contribution < -0.4 is 4.90 Å². The standard InChI is InChI=1S/C17H19N5O2/c23-16(14-3-1-2-5-18-14)22-6-4-13-11-19-17(20-15(13)12-22)21-7-9-24-10-8-21/h1-3,5,11H,4,6-10,12H2. The fourth-order valence-corrected chi connectivity index (χ4v) is 3.03. The zero-order valence-electron chi connectivity index (χ0n) is 13.4. The summed E-state index contributed by atoms with van der Waals surface area (Å²) >= 11 is 0. The van der Waals surface area contributed by atoms with E-state index in [1.165, 1.54) is 0 Å². The maximum absolute atomic E-state index is 12.6. The van der Waals surface area contributed by atoms with E-state index >= 15 is 0 Å². The molecule has 1 amide bonds. The van der Waals surface area contributed by atoms with Gasteiger partial charge in [-0.05, 0) is 24.1 Å². The highest BCUT2D eigenvalue weighted by molar-refractivity contribution is 5.92. The van der Waals surface area contributed by atoms with Crippen molar-refractivity contribution in [2.24, 2.45) is 0 Å². The summed E-state index contributed by atoms with van der Waals surface area (Å²) in [7, 11) is 0. The van der Waals surface area contributed by atoms with Crippen LogP contribution in [0.25, 0.3) is 0 Å². The van der Waals surface area contributed by atoms with Crippen LogP contribution in [0.3, 0.4) is 0 Å². The van der Waals surface area contributed by atoms with Gasteiger partial charge in [-0.25, -0.2) is 9.97 Å². The van der Waals surface area contributed by atoms with E-state index in [0.717, 1.165) is 36.7 Å². The minimum atomic E-state index is -0.0483. The third kappa shape index (κ3) is 2.94. The summed E-state index contributed by atoms with van der Waals surface area (Å²) in [5.41, 5.74) is 2.53. The van der Waals surface area contributed by atoms with Crippen LogP contribution >= 0.6 is 0 Å². The minimum absolute atomic E-state index is 0.0483. The van der Waals surface area contributed by atoms with E-state index in [-0.39, 0.29) is 5.91 Å². The quantitative estimate of drug-likeness (QED) is 0.817. The summed E-state index contributed by atoms with van der Waals surface area (Å²) in [5, 5.41) is 0. The highest BCUT2D eigenvalue weighted by atomic mass is 16.5. The van der Waals surface area contributed by atoms with Gasteiger partial charge in [-0.3, -0.25) is 9.78 Å². The number of aromatic nitrogens is 3. The highest BCUT2D eigenvalue weighted by Gasteiger charge is 2.25. The van der Waals surface area contributed by atoms with Crippen LogP contribution in [0, 0.1) is 0 Å². The normalized spacial score (nSPS) is 17.5. The lowest BCUT2D eigenvalue weighted by Crippen LogP contribution is -2.39. The van der Waals surface area contributed by atoms with Crippen molar-refractivity contribution in [3.8, 4) is 0 Å². The molecule has 0 bridgehead atoms. The molecule has 4 heterocycles. The monoisotopic (exact) mass is 325 g/mol. The molecule has 0 atom stereocenters. The van der Waals surface area contributed by atoms with Crippen molar-refractivity contribution in [2.75, 3.05) is 37.7 Å². The Morgan fingerprint density at radius 2 is 2.00 bits per heavy atom. The second kappa shape index (κ2) is 6.52. The number of nitrogens with zero attached hydrogens (tertiary/aromatic N) is 5. The predicted octanol–water partition coefficient (Wildman–Crippen LogP) is 0.907. The van der Waals surface area contributed by atoms with E-state index in [4.69, 9.17) is 9.72 Å². The first-order valence-corrected chi connectivity index (χ1v) is 8.19. The Labute approximate surface area is 140 Å². The number of fused-ring (bicyclic) bond motifs is 1. The third-order valence-electron chi connectivity index (χ3n) is 4.40. The Kier molecular flexibility index (Phi) is 4.08. The van der Waals surface area contributed by atoms with E-state index in [0.29, 0.717) is 32.0 Å². The van der Waals surface area contributed by atoms with Gasteiger partial charge in [-0.1, -0.05) is 6.07 Å². The molecule has 24 heavy (non-hydrogen) atoms. The topological polar surface area (TPSA) is 71.5 Å². The van der Waals surface area contributed by atoms with Crippen LogP contribution in [-0.4, -0.2) is 58.6 Å². The number of pyridine rings is 1. The second-order valence-electron chi connectivity index (χ2n) is 5.93. The van der Waals surface area contributed by atoms with Gasteiger partial charge in [0.15, 0.2) is 0 Å². The number of hydrogen-bond acceptors (Lipinski definition) is 6. The van der Waals surface area contributed by atoms with Crippen LogP contribution in [0.4, 0.5) is 5.95 Å². The summed E-state index contributed by atoms with van der Waals surface area (Å²) in [6.07, 6.45) is 4.32. The summed E-state index contributed by atoms with van der Waals surface area (Å²) in [6, 6.07) is 5.39. The molecule has 4 rings (SSSR count). The molecule has 124 valence electrons. The fraction of sp³-hybridized carbons (Fsp3) is 0.412. The summed E-state index contributed by atoms with van der Waals surface area (Å²) in [5.74, 6) is 0.678. The maximum Gasteiger partial charge on any atom is 0.272 e. The average molecular weight is 325 g/mol. The van der Waals surface area contributed by atoms with E-state index in [1.54, 1.807) is 17.2 Å². The first kappa shape index (κ1) is 15.0. The molecule has 0 aromatic carbocycles. The van der Waals surface area contributed by atoms with E-state index in [2.05, 4.69) is 14.9 Å². The van der Waals surface area contributed by atoms with Crippen LogP contribution in [0.1, 0.15) is 21.7 Å². The number of carbonyl (C=O) groups is 1. The Morgan fingerprint density at radius 3 is 2.79 bits per heavy atom. The van der Waals surface area contributed by atoms with Crippen LogP contribution in [0.5, 0.6) is 0 Å². The smallest absolute Gasteiger partial charge is 0.272 e. The largest absolute Gasteiger partial charge is 0.378 e. The van der Waals surface area contributed by atoms with Gasteiger partial charge in [-0.15, -0.1) is 0 Å². The minimum Gasteiger partial charge on any atom is -0.378 e. The van der Waals surface area contributed by atoms with Gasteiger partial charge in [0.1, 0.15) is 5.69 Å². The first-order chi connectivity index (χ1) is 11.8. The van der Waals surface area contributed by atoms with Crippen molar-refractivity contribution in [1.82, 2.24) is 19.9 Å². The lowest BCUT2D eigenvalue weighted by Gasteiger charge is -2.30. The number of hydrogen-bond donors (Lipinski definition) is 0. The molecule has 0 unspecified atom stereocenters. The molecule has 0 radical (unpaired) electrons. The van der Waals surface area contributed by atoms with Gasteiger partial charge in [-0.2, -0.15) is 0 Å². The Morgan fingerprint density at radius 1 is 1.12 bits per heavy atom. The molecule has 7 heteroatoms. The predicted molar refractivity (Wildman–Crippen MR) is 87.7 cm³/mol. The van der Waals surface area contributed by atoms with Gasteiger partial charge in [0, 0.05) is 32.0 Å². The van der Waals surface area contributed by atoms with Crippen molar-refractivity contribution in [3.05, 3.63) is 47.5 Å². The van der Waals surface area contributed by atoms with Crippen molar-refractivity contribution >= 4 is 11.9 Å². The number of amides is 1. The number of morpholine rings is 1. The molecule has 0 saturated carbocycles. The number of ether oxygens (including phenoxy) is 1. The summed E-state index contributed by atoms with van der Waals surface area (Å²) < 4.78 is 5.37. The number of rotatable bonds is 2. The van der Waals surface area contributed by atoms with Crippen molar-refractivity contribution in [3.63, 3.8) is 0 Å². The van der Waals surface area contributed by atoms with Crippen molar-refractivity contribution in [2.45, 2.75) is 13.0 Å². The molecule has 0 aliphatic carbocycles. The molecule has 0 spiro atoms. The fourth-order valence-electron chi connectivity index (χ4n) is 3.03. The molecule has 2 aliphatic rings. The zero-order valence-corrected chi connectivity index (χ0v) is 13.4. The maximum atomic E-state index is 12.6. The van der Waals surface area contributed by atoms with Crippen molar-refractivity contribution < 1.29 is 9.53 Å². The molecule has 1 fully saturated rings. The SMILES string of the molecule is O=C(c1ccccn1)N1CCc2cnc(N3CCOCC3)nc2C1. The number of carbonyl (C=O) groups excluding carboxylic acids is 1. The second-order valence-corrected chi connectivity index (χ2v) is 5.93. The molecule has 0 N–H and O–H groups in total. The molecule has 2 aromatic rings. The molecule has 7 nitrogen and oxygen atoms in total. The van der Waals surface area contributed by atoms with Crippen LogP contribution in [0.2, 0.25) is 0 Å². The number of anilines is 1. The Bertz CT molecular complexity index is 731. The molecule has 1 saturated heterocycles. The molecule has 2 aromatic heterocycles. The van der Waals surface area contributed by atoms with Gasteiger partial charge < -0.3 is 14.5 Å². The van der Waals surface area contributed by atoms with E-state index in [1.807, 2.05) is 18.3 Å². The van der Waals surface area contributed by atoms with Gasteiger partial charge in [0.25, 0.3) is 5.91 Å². The van der Waals surface area contributed by atoms with Gasteiger partial charge in [0.05, 0.1) is 25.5 Å². The highest BCUT2D eigenvalue weighted by Crippen LogP contribution is 2.20. The van der Waals surface area contributed by atoms with Crippen LogP contribution in [0.15, 0.2) is 30.6 Å². The summed E-state index contributed by atoms with van der Waals surface area (Å²) in [4.78, 5) is 29.9. The summed E-state index contributed by atoms with van der Waals surface area (Å²) in [6.45, 7) is 4.17. The van der Waals surface area contributed by atoms with Crippen molar-refractivity contribution in [1.29, 1.82) is 0 Å². The lowest BCUT2D eigenvalue weighted by atomic mass is 10.1. The molecule has 2 aliphatic heterocycles. The molecular formula is C17H19N5O2. The Hall–Kier alpha value is -2.54. The molecular weight excluding hydrogens is 306 g/mol. The zero-order chi connectivity index (χ0) is 16.4. The van der Waals surface area contributed by atoms with Gasteiger partial charge in [0.2, 0.25) is 5.95 Å². The average Bonchev–Trinajstić information content (AvgIpc) is 2.68. The third-order valence-corrected chi connectivity index (χ3v) is 4.40.